The molecular formula is C28H41NO4S. The number of benzene rings is 2. The SMILES string of the molecule is CCCCC(CCCCOC(=O)C(C)(C)C)(CNS(=O)(=O)c1ccc(C)cc1)c1ccccc1. The first kappa shape index (κ1) is 28.1. The van der Waals surface area contributed by atoms with Gasteiger partial charge >= 0.3 is 5.97 Å². The van der Waals surface area contributed by atoms with E-state index in [2.05, 4.69) is 23.8 Å². The third kappa shape index (κ3) is 8.24. The molecule has 0 spiro atoms. The van der Waals surface area contributed by atoms with Gasteiger partial charge in [-0.1, -0.05) is 67.8 Å². The predicted octanol–water partition coefficient (Wildman–Crippen LogP) is 6.16. The lowest BCUT2D eigenvalue weighted by Gasteiger charge is -2.35. The van der Waals surface area contributed by atoms with E-state index in [1.807, 2.05) is 58.0 Å². The summed E-state index contributed by atoms with van der Waals surface area (Å²) in [5.74, 6) is -0.196. The summed E-state index contributed by atoms with van der Waals surface area (Å²) in [5.41, 5.74) is 1.32. The molecule has 0 radical (unpaired) electrons. The number of carbonyl (C=O) groups is 1. The molecule has 34 heavy (non-hydrogen) atoms. The van der Waals surface area contributed by atoms with Gasteiger partial charge in [0.05, 0.1) is 16.9 Å². The Hall–Kier alpha value is -2.18. The molecule has 1 unspecified atom stereocenters. The molecule has 0 aromatic heterocycles. The monoisotopic (exact) mass is 487 g/mol. The number of ether oxygens (including phenoxy) is 1. The lowest BCUT2D eigenvalue weighted by atomic mass is 9.73. The predicted molar refractivity (Wildman–Crippen MR) is 138 cm³/mol. The number of rotatable bonds is 13. The van der Waals surface area contributed by atoms with Crippen molar-refractivity contribution in [3.8, 4) is 0 Å². The maximum atomic E-state index is 13.1. The molecule has 0 aliphatic carbocycles. The van der Waals surface area contributed by atoms with Crippen molar-refractivity contribution >= 4 is 16.0 Å². The minimum atomic E-state index is -3.63. The van der Waals surface area contributed by atoms with Crippen molar-refractivity contribution in [2.45, 2.75) is 83.5 Å². The summed E-state index contributed by atoms with van der Waals surface area (Å²) in [4.78, 5) is 12.3. The summed E-state index contributed by atoms with van der Waals surface area (Å²) in [6, 6.07) is 17.1. The van der Waals surface area contributed by atoms with E-state index in [1.165, 1.54) is 0 Å². The molecule has 0 bridgehead atoms. The fraction of sp³-hybridized carbons (Fsp3) is 0.536. The van der Waals surface area contributed by atoms with Crippen LogP contribution in [0.1, 0.15) is 77.3 Å². The molecule has 0 saturated carbocycles. The highest BCUT2D eigenvalue weighted by atomic mass is 32.2. The zero-order valence-corrected chi connectivity index (χ0v) is 22.2. The molecule has 2 aromatic rings. The van der Waals surface area contributed by atoms with Crippen molar-refractivity contribution < 1.29 is 17.9 Å². The highest BCUT2D eigenvalue weighted by Gasteiger charge is 2.33. The standard InChI is InChI=1S/C28H41NO4S/c1-6-7-19-28(24-13-9-8-10-14-24,20-11-12-21-33-26(30)27(3,4)5)22-29-34(31,32)25-17-15-23(2)16-18-25/h8-10,13-18,29H,6-7,11-12,19-22H2,1-5H3. The first-order valence-corrected chi connectivity index (χ1v) is 13.8. The van der Waals surface area contributed by atoms with Crippen LogP contribution >= 0.6 is 0 Å². The Morgan fingerprint density at radius 3 is 2.12 bits per heavy atom. The summed E-state index contributed by atoms with van der Waals surface area (Å²) in [7, 11) is -3.63. The van der Waals surface area contributed by atoms with Crippen molar-refractivity contribution in [2.24, 2.45) is 5.41 Å². The second-order valence-electron chi connectivity index (χ2n) is 10.2. The van der Waals surface area contributed by atoms with E-state index in [0.717, 1.165) is 49.7 Å². The molecule has 1 atom stereocenters. The van der Waals surface area contributed by atoms with E-state index >= 15 is 0 Å². The molecule has 2 rings (SSSR count). The minimum absolute atomic E-state index is 0.196. The normalized spacial score (nSPS) is 13.9. The molecule has 0 aliphatic heterocycles. The average molecular weight is 488 g/mol. The van der Waals surface area contributed by atoms with E-state index in [1.54, 1.807) is 12.1 Å². The Bertz CT molecular complexity index is 995. The van der Waals surface area contributed by atoms with Crippen molar-refractivity contribution in [2.75, 3.05) is 13.2 Å². The minimum Gasteiger partial charge on any atom is -0.465 e. The largest absolute Gasteiger partial charge is 0.465 e. The Morgan fingerprint density at radius 2 is 1.53 bits per heavy atom. The highest BCUT2D eigenvalue weighted by Crippen LogP contribution is 2.35. The number of nitrogens with one attached hydrogen (secondary N) is 1. The zero-order valence-electron chi connectivity index (χ0n) is 21.4. The van der Waals surface area contributed by atoms with Crippen LogP contribution in [0.3, 0.4) is 0 Å². The quantitative estimate of drug-likeness (QED) is 0.271. The molecule has 6 heteroatoms. The van der Waals surface area contributed by atoms with Gasteiger partial charge in [-0.3, -0.25) is 4.79 Å². The molecule has 0 amide bonds. The van der Waals surface area contributed by atoms with E-state index in [-0.39, 0.29) is 16.3 Å². The number of carbonyl (C=O) groups excluding carboxylic acids is 1. The van der Waals surface area contributed by atoms with Crippen molar-refractivity contribution in [1.29, 1.82) is 0 Å². The molecule has 0 heterocycles. The molecule has 1 N–H and O–H groups in total. The van der Waals surface area contributed by atoms with Gasteiger partial charge in [-0.15, -0.1) is 0 Å². The molecule has 2 aromatic carbocycles. The van der Waals surface area contributed by atoms with Crippen LogP contribution in [0.4, 0.5) is 0 Å². The second-order valence-corrected chi connectivity index (χ2v) is 12.0. The number of hydrogen-bond donors (Lipinski definition) is 1. The molecule has 0 aliphatic rings. The van der Waals surface area contributed by atoms with Crippen molar-refractivity contribution in [3.05, 3.63) is 65.7 Å². The average Bonchev–Trinajstić information content (AvgIpc) is 2.80. The van der Waals surface area contributed by atoms with Gasteiger partial charge in [0.2, 0.25) is 10.0 Å². The highest BCUT2D eigenvalue weighted by molar-refractivity contribution is 7.89. The van der Waals surface area contributed by atoms with Crippen molar-refractivity contribution in [3.63, 3.8) is 0 Å². The molecule has 188 valence electrons. The maximum absolute atomic E-state index is 13.1. The third-order valence-electron chi connectivity index (χ3n) is 6.22. The van der Waals surface area contributed by atoms with Gasteiger partial charge in [-0.05, 0) is 71.1 Å². The first-order valence-electron chi connectivity index (χ1n) is 12.3. The lowest BCUT2D eigenvalue weighted by molar-refractivity contribution is -0.153. The summed E-state index contributed by atoms with van der Waals surface area (Å²) in [6.45, 7) is 10.3. The van der Waals surface area contributed by atoms with Crippen LogP contribution in [-0.2, 0) is 25.0 Å². The number of sulfonamides is 1. The van der Waals surface area contributed by atoms with Crippen LogP contribution in [-0.4, -0.2) is 27.5 Å². The van der Waals surface area contributed by atoms with Gasteiger partial charge in [0.1, 0.15) is 0 Å². The molecule has 0 saturated heterocycles. The molecule has 5 nitrogen and oxygen atoms in total. The number of unbranched alkanes of at least 4 members (excludes halogenated alkanes) is 2. The summed E-state index contributed by atoms with van der Waals surface area (Å²) in [6.07, 6.45) is 5.30. The fourth-order valence-electron chi connectivity index (χ4n) is 3.98. The zero-order chi connectivity index (χ0) is 25.2. The van der Waals surface area contributed by atoms with Crippen LogP contribution in [0.2, 0.25) is 0 Å². The van der Waals surface area contributed by atoms with Gasteiger partial charge in [0.25, 0.3) is 0 Å². The first-order chi connectivity index (χ1) is 16.0. The van der Waals surface area contributed by atoms with Crippen LogP contribution < -0.4 is 4.72 Å². The van der Waals surface area contributed by atoms with Gasteiger partial charge in [-0.2, -0.15) is 0 Å². The Balaban J connectivity index is 2.18. The lowest BCUT2D eigenvalue weighted by Crippen LogP contribution is -2.41. The van der Waals surface area contributed by atoms with Gasteiger partial charge in [0.15, 0.2) is 0 Å². The molecular weight excluding hydrogens is 446 g/mol. The van der Waals surface area contributed by atoms with Crippen LogP contribution in [0.25, 0.3) is 0 Å². The Morgan fingerprint density at radius 1 is 0.912 bits per heavy atom. The smallest absolute Gasteiger partial charge is 0.311 e. The second kappa shape index (κ2) is 12.5. The fourth-order valence-corrected chi connectivity index (χ4v) is 5.11. The van der Waals surface area contributed by atoms with Gasteiger partial charge < -0.3 is 4.74 Å². The van der Waals surface area contributed by atoms with Crippen molar-refractivity contribution in [1.82, 2.24) is 4.72 Å². The number of esters is 1. The summed E-state index contributed by atoms with van der Waals surface area (Å²) < 4.78 is 34.5. The third-order valence-corrected chi connectivity index (χ3v) is 7.64. The Kier molecular flexibility index (Phi) is 10.3. The summed E-state index contributed by atoms with van der Waals surface area (Å²) in [5, 5.41) is 0. The molecule has 0 fully saturated rings. The van der Waals surface area contributed by atoms with Crippen LogP contribution in [0, 0.1) is 12.3 Å². The summed E-state index contributed by atoms with van der Waals surface area (Å²) >= 11 is 0. The number of aryl methyl sites for hydroxylation is 1. The van der Waals surface area contributed by atoms with E-state index in [9.17, 15) is 13.2 Å². The van der Waals surface area contributed by atoms with E-state index in [4.69, 9.17) is 4.74 Å². The van der Waals surface area contributed by atoms with E-state index in [0.29, 0.717) is 13.2 Å². The maximum Gasteiger partial charge on any atom is 0.311 e. The Labute approximate surface area is 206 Å². The van der Waals surface area contributed by atoms with Gasteiger partial charge in [0, 0.05) is 12.0 Å². The topological polar surface area (TPSA) is 72.5 Å². The van der Waals surface area contributed by atoms with Crippen LogP contribution in [0.15, 0.2) is 59.5 Å². The number of hydrogen-bond acceptors (Lipinski definition) is 4. The van der Waals surface area contributed by atoms with Gasteiger partial charge in [-0.25, -0.2) is 13.1 Å². The van der Waals surface area contributed by atoms with E-state index < -0.39 is 15.4 Å². The van der Waals surface area contributed by atoms with Crippen LogP contribution in [0.5, 0.6) is 0 Å².